The van der Waals surface area contributed by atoms with Gasteiger partial charge in [-0.15, -0.1) is 10.2 Å². The standard InChI is InChI=1S/C20H28N4O2/c1-20(25,15-8-10-16(26-3)11-9-15)17-5-4-12-24(17)13-18-21-22-19(23(18)2)14-6-7-14/h8-11,14,17,25H,4-7,12-13H2,1-3H3. The Labute approximate surface area is 154 Å². The molecule has 1 aromatic carbocycles. The molecular formula is C20H28N4O2. The summed E-state index contributed by atoms with van der Waals surface area (Å²) >= 11 is 0. The first kappa shape index (κ1) is 17.5. The van der Waals surface area contributed by atoms with E-state index in [4.69, 9.17) is 4.74 Å². The van der Waals surface area contributed by atoms with E-state index in [0.717, 1.165) is 48.9 Å². The molecule has 1 saturated heterocycles. The maximum Gasteiger partial charge on any atom is 0.146 e. The van der Waals surface area contributed by atoms with Crippen molar-refractivity contribution in [3.05, 3.63) is 41.5 Å². The molecule has 2 atom stereocenters. The van der Waals surface area contributed by atoms with E-state index in [-0.39, 0.29) is 6.04 Å². The molecule has 2 heterocycles. The van der Waals surface area contributed by atoms with Gasteiger partial charge in [-0.25, -0.2) is 0 Å². The molecule has 26 heavy (non-hydrogen) atoms. The van der Waals surface area contributed by atoms with Crippen LogP contribution < -0.4 is 4.74 Å². The molecule has 0 spiro atoms. The zero-order valence-electron chi connectivity index (χ0n) is 15.9. The van der Waals surface area contributed by atoms with E-state index in [1.54, 1.807) is 7.11 Å². The van der Waals surface area contributed by atoms with Crippen molar-refractivity contribution in [1.29, 1.82) is 0 Å². The maximum absolute atomic E-state index is 11.3. The van der Waals surface area contributed by atoms with Crippen molar-refractivity contribution in [2.75, 3.05) is 13.7 Å². The van der Waals surface area contributed by atoms with Crippen LogP contribution in [0.2, 0.25) is 0 Å². The second-order valence-corrected chi connectivity index (χ2v) is 7.81. The Morgan fingerprint density at radius 2 is 1.92 bits per heavy atom. The van der Waals surface area contributed by atoms with Gasteiger partial charge in [0.05, 0.1) is 13.7 Å². The highest BCUT2D eigenvalue weighted by atomic mass is 16.5. The summed E-state index contributed by atoms with van der Waals surface area (Å²) in [5.41, 5.74) is 0.00701. The maximum atomic E-state index is 11.3. The number of hydrogen-bond acceptors (Lipinski definition) is 5. The molecule has 6 heteroatoms. The molecule has 1 aromatic heterocycles. The highest BCUT2D eigenvalue weighted by molar-refractivity contribution is 5.31. The van der Waals surface area contributed by atoms with E-state index in [9.17, 15) is 5.11 Å². The number of benzene rings is 1. The van der Waals surface area contributed by atoms with Gasteiger partial charge >= 0.3 is 0 Å². The minimum absolute atomic E-state index is 0.0666. The largest absolute Gasteiger partial charge is 0.497 e. The van der Waals surface area contributed by atoms with Gasteiger partial charge in [0.1, 0.15) is 23.0 Å². The van der Waals surface area contributed by atoms with Gasteiger partial charge in [0.25, 0.3) is 0 Å². The van der Waals surface area contributed by atoms with Crippen LogP contribution in [-0.4, -0.2) is 44.5 Å². The van der Waals surface area contributed by atoms with E-state index in [1.807, 2.05) is 31.2 Å². The number of aromatic nitrogens is 3. The number of aliphatic hydroxyl groups is 1. The van der Waals surface area contributed by atoms with Crippen LogP contribution in [-0.2, 0) is 19.2 Å². The van der Waals surface area contributed by atoms with Crippen LogP contribution in [0.4, 0.5) is 0 Å². The SMILES string of the molecule is COc1ccc(C(C)(O)C2CCCN2Cc2nnc(C3CC3)n2C)cc1. The first-order valence-electron chi connectivity index (χ1n) is 9.50. The Kier molecular flexibility index (Phi) is 4.49. The summed E-state index contributed by atoms with van der Waals surface area (Å²) in [5, 5.41) is 20.2. The minimum atomic E-state index is -0.916. The molecule has 0 radical (unpaired) electrons. The summed E-state index contributed by atoms with van der Waals surface area (Å²) in [6, 6.07) is 7.81. The summed E-state index contributed by atoms with van der Waals surface area (Å²) in [7, 11) is 3.72. The van der Waals surface area contributed by atoms with Gasteiger partial charge in [-0.05, 0) is 56.8 Å². The molecule has 1 N–H and O–H groups in total. The lowest BCUT2D eigenvalue weighted by molar-refractivity contribution is -0.0263. The Morgan fingerprint density at radius 1 is 1.19 bits per heavy atom. The number of likely N-dealkylation sites (tertiary alicyclic amines) is 1. The molecule has 0 bridgehead atoms. The van der Waals surface area contributed by atoms with E-state index < -0.39 is 5.60 Å². The fraction of sp³-hybridized carbons (Fsp3) is 0.600. The molecular weight excluding hydrogens is 328 g/mol. The summed E-state index contributed by atoms with van der Waals surface area (Å²) in [4.78, 5) is 2.35. The summed E-state index contributed by atoms with van der Waals surface area (Å²) in [6.45, 7) is 3.62. The van der Waals surface area contributed by atoms with Crippen molar-refractivity contribution >= 4 is 0 Å². The van der Waals surface area contributed by atoms with Crippen molar-refractivity contribution in [2.45, 2.75) is 56.7 Å². The molecule has 4 rings (SSSR count). The third-order valence-electron chi connectivity index (χ3n) is 5.97. The second kappa shape index (κ2) is 6.67. The molecule has 140 valence electrons. The Bertz CT molecular complexity index is 765. The van der Waals surface area contributed by atoms with Crippen LogP contribution in [0.15, 0.2) is 24.3 Å². The first-order valence-corrected chi connectivity index (χ1v) is 9.50. The average molecular weight is 356 g/mol. The molecule has 2 fully saturated rings. The lowest BCUT2D eigenvalue weighted by atomic mass is 9.86. The van der Waals surface area contributed by atoms with Gasteiger partial charge < -0.3 is 14.4 Å². The average Bonchev–Trinajstić information content (AvgIpc) is 3.26. The molecule has 1 saturated carbocycles. The van der Waals surface area contributed by atoms with Gasteiger partial charge in [-0.2, -0.15) is 0 Å². The van der Waals surface area contributed by atoms with Crippen molar-refractivity contribution in [2.24, 2.45) is 7.05 Å². The normalized spacial score (nSPS) is 23.2. The third kappa shape index (κ3) is 3.12. The van der Waals surface area contributed by atoms with Gasteiger partial charge in [-0.1, -0.05) is 12.1 Å². The van der Waals surface area contributed by atoms with Crippen molar-refractivity contribution in [3.8, 4) is 5.75 Å². The lowest BCUT2D eigenvalue weighted by Gasteiger charge is -2.36. The zero-order chi connectivity index (χ0) is 18.3. The van der Waals surface area contributed by atoms with Gasteiger partial charge in [0.2, 0.25) is 0 Å². The third-order valence-corrected chi connectivity index (χ3v) is 5.97. The van der Waals surface area contributed by atoms with Crippen molar-refractivity contribution in [3.63, 3.8) is 0 Å². The topological polar surface area (TPSA) is 63.4 Å². The van der Waals surface area contributed by atoms with E-state index in [0.29, 0.717) is 5.92 Å². The summed E-state index contributed by atoms with van der Waals surface area (Å²) in [5.74, 6) is 3.50. The quantitative estimate of drug-likeness (QED) is 0.862. The smallest absolute Gasteiger partial charge is 0.146 e. The van der Waals surface area contributed by atoms with Gasteiger partial charge in [-0.3, -0.25) is 4.90 Å². The Hall–Kier alpha value is -1.92. The molecule has 0 amide bonds. The monoisotopic (exact) mass is 356 g/mol. The van der Waals surface area contributed by atoms with Gasteiger partial charge in [0.15, 0.2) is 0 Å². The molecule has 2 aromatic rings. The minimum Gasteiger partial charge on any atom is -0.497 e. The number of hydrogen-bond donors (Lipinski definition) is 1. The van der Waals surface area contributed by atoms with Crippen molar-refractivity contribution in [1.82, 2.24) is 19.7 Å². The summed E-state index contributed by atoms with van der Waals surface area (Å²) in [6.07, 6.45) is 4.52. The second-order valence-electron chi connectivity index (χ2n) is 7.81. The number of nitrogens with zero attached hydrogens (tertiary/aromatic N) is 4. The predicted octanol–water partition coefficient (Wildman–Crippen LogP) is 2.57. The molecule has 2 aliphatic rings. The summed E-state index contributed by atoms with van der Waals surface area (Å²) < 4.78 is 7.39. The molecule has 2 unspecified atom stereocenters. The number of methoxy groups -OCH3 is 1. The highest BCUT2D eigenvalue weighted by Gasteiger charge is 2.41. The fourth-order valence-electron chi connectivity index (χ4n) is 4.16. The molecule has 1 aliphatic heterocycles. The van der Waals surface area contributed by atoms with E-state index >= 15 is 0 Å². The van der Waals surface area contributed by atoms with Crippen molar-refractivity contribution < 1.29 is 9.84 Å². The van der Waals surface area contributed by atoms with E-state index in [1.165, 1.54) is 12.8 Å². The fourth-order valence-corrected chi connectivity index (χ4v) is 4.16. The zero-order valence-corrected chi connectivity index (χ0v) is 15.9. The predicted molar refractivity (Wildman–Crippen MR) is 99.0 cm³/mol. The van der Waals surface area contributed by atoms with Crippen LogP contribution in [0.1, 0.15) is 55.7 Å². The number of ether oxygens (including phenoxy) is 1. The molecule has 1 aliphatic carbocycles. The van der Waals surface area contributed by atoms with Crippen LogP contribution in [0.3, 0.4) is 0 Å². The first-order chi connectivity index (χ1) is 12.5. The van der Waals surface area contributed by atoms with Crippen LogP contribution in [0.25, 0.3) is 0 Å². The van der Waals surface area contributed by atoms with Gasteiger partial charge in [0, 0.05) is 19.0 Å². The van der Waals surface area contributed by atoms with Crippen LogP contribution >= 0.6 is 0 Å². The Balaban J connectivity index is 1.53. The Morgan fingerprint density at radius 3 is 2.58 bits per heavy atom. The lowest BCUT2D eigenvalue weighted by Crippen LogP contribution is -2.45. The van der Waals surface area contributed by atoms with Crippen LogP contribution in [0, 0.1) is 0 Å². The highest BCUT2D eigenvalue weighted by Crippen LogP contribution is 2.39. The van der Waals surface area contributed by atoms with E-state index in [2.05, 4.69) is 26.7 Å². The number of rotatable bonds is 6. The molecule has 6 nitrogen and oxygen atoms in total. The van der Waals surface area contributed by atoms with Crippen LogP contribution in [0.5, 0.6) is 5.75 Å².